The molecule has 1 aromatic carbocycles. The molecule has 0 aromatic heterocycles. The number of methoxy groups -OCH3 is 1. The van der Waals surface area contributed by atoms with Crippen LogP contribution in [-0.4, -0.2) is 33.4 Å². The minimum atomic E-state index is 0.217. The van der Waals surface area contributed by atoms with Gasteiger partial charge in [0.2, 0.25) is 0 Å². The molecular formula is C18H23N2OSe. The maximum atomic E-state index is 5.20. The van der Waals surface area contributed by atoms with Crippen LogP contribution >= 0.6 is 0 Å². The van der Waals surface area contributed by atoms with E-state index in [4.69, 9.17) is 9.73 Å². The number of ether oxygens (including phenoxy) is 1. The molecule has 0 spiro atoms. The quantitative estimate of drug-likeness (QED) is 0.506. The van der Waals surface area contributed by atoms with Crippen molar-refractivity contribution in [3.8, 4) is 5.75 Å². The van der Waals surface area contributed by atoms with Crippen LogP contribution in [0.3, 0.4) is 0 Å². The Morgan fingerprint density at radius 2 is 1.64 bits per heavy atom. The van der Waals surface area contributed by atoms with Gasteiger partial charge in [0.1, 0.15) is 0 Å². The molecule has 0 saturated heterocycles. The molecule has 4 aliphatic carbocycles. The van der Waals surface area contributed by atoms with Gasteiger partial charge in [0.05, 0.1) is 0 Å². The summed E-state index contributed by atoms with van der Waals surface area (Å²) in [6, 6.07) is 8.01. The molecule has 0 amide bonds. The Labute approximate surface area is 140 Å². The van der Waals surface area contributed by atoms with Crippen molar-refractivity contribution in [1.82, 2.24) is 0 Å². The first-order valence-electron chi connectivity index (χ1n) is 8.32. The van der Waals surface area contributed by atoms with E-state index in [1.54, 1.807) is 7.11 Å². The van der Waals surface area contributed by atoms with Crippen molar-refractivity contribution in [1.29, 1.82) is 0 Å². The van der Waals surface area contributed by atoms with Gasteiger partial charge in [-0.25, -0.2) is 0 Å². The number of nitrogens with one attached hydrogen (secondary N) is 1. The molecule has 0 atom stereocenters. The van der Waals surface area contributed by atoms with Gasteiger partial charge in [0.15, 0.2) is 0 Å². The van der Waals surface area contributed by atoms with Crippen molar-refractivity contribution in [2.24, 2.45) is 22.7 Å². The molecule has 22 heavy (non-hydrogen) atoms. The van der Waals surface area contributed by atoms with E-state index in [1.165, 1.54) is 38.5 Å². The number of anilines is 1. The van der Waals surface area contributed by atoms with Gasteiger partial charge in [-0.3, -0.25) is 0 Å². The molecule has 0 aliphatic heterocycles. The zero-order valence-corrected chi connectivity index (χ0v) is 14.8. The van der Waals surface area contributed by atoms with Crippen LogP contribution < -0.4 is 10.1 Å². The van der Waals surface area contributed by atoms with Crippen molar-refractivity contribution in [3.05, 3.63) is 24.3 Å². The third-order valence-corrected chi connectivity index (χ3v) is 6.09. The molecule has 4 bridgehead atoms. The van der Waals surface area contributed by atoms with E-state index in [9.17, 15) is 0 Å². The second-order valence-electron chi connectivity index (χ2n) is 7.41. The topological polar surface area (TPSA) is 33.6 Å². The second-order valence-corrected chi connectivity index (χ2v) is 8.22. The van der Waals surface area contributed by atoms with Crippen LogP contribution in [0.2, 0.25) is 0 Å². The summed E-state index contributed by atoms with van der Waals surface area (Å²) in [5.74, 6) is 3.68. The molecule has 1 N–H and O–H groups in total. The zero-order valence-electron chi connectivity index (χ0n) is 13.0. The molecular weight excluding hydrogens is 339 g/mol. The monoisotopic (exact) mass is 363 g/mol. The van der Waals surface area contributed by atoms with Gasteiger partial charge >= 0.3 is 140 Å². The van der Waals surface area contributed by atoms with E-state index in [1.807, 2.05) is 24.3 Å². The molecule has 4 aliphatic rings. The maximum absolute atomic E-state index is 5.20. The van der Waals surface area contributed by atoms with Gasteiger partial charge in [-0.2, -0.15) is 0 Å². The number of hydrogen-bond acceptors (Lipinski definition) is 2. The summed E-state index contributed by atoms with van der Waals surface area (Å²) in [6.45, 7) is 0. The first-order chi connectivity index (χ1) is 10.6. The van der Waals surface area contributed by atoms with Crippen LogP contribution in [0.15, 0.2) is 29.3 Å². The molecule has 4 saturated carbocycles. The predicted octanol–water partition coefficient (Wildman–Crippen LogP) is 3.60. The third kappa shape index (κ3) is 2.79. The Kier molecular flexibility index (Phi) is 3.70. The van der Waals surface area contributed by atoms with Gasteiger partial charge < -0.3 is 0 Å². The minimum absolute atomic E-state index is 0.217. The summed E-state index contributed by atoms with van der Waals surface area (Å²) in [4.78, 5) is 5.13. The normalized spacial score (nSPS) is 36.4. The molecule has 4 fully saturated rings. The molecule has 3 nitrogen and oxygen atoms in total. The van der Waals surface area contributed by atoms with E-state index in [0.29, 0.717) is 0 Å². The summed E-state index contributed by atoms with van der Waals surface area (Å²) in [5.41, 5.74) is 1.28. The number of amidine groups is 1. The van der Waals surface area contributed by atoms with E-state index in [0.717, 1.165) is 33.9 Å². The third-order valence-electron chi connectivity index (χ3n) is 5.69. The fourth-order valence-electron chi connectivity index (χ4n) is 5.24. The van der Waals surface area contributed by atoms with Gasteiger partial charge in [-0.05, 0) is 0 Å². The Bertz CT molecular complexity index is 546. The van der Waals surface area contributed by atoms with Crippen LogP contribution in [0.5, 0.6) is 5.75 Å². The number of aliphatic imine (C=N–C) groups is 1. The van der Waals surface area contributed by atoms with Crippen molar-refractivity contribution in [3.63, 3.8) is 0 Å². The molecule has 4 heteroatoms. The van der Waals surface area contributed by atoms with Crippen molar-refractivity contribution < 1.29 is 4.74 Å². The Hall–Kier alpha value is -0.991. The molecule has 0 heterocycles. The average molecular weight is 362 g/mol. The fourth-order valence-corrected chi connectivity index (χ4v) is 5.90. The predicted molar refractivity (Wildman–Crippen MR) is 90.7 cm³/mol. The van der Waals surface area contributed by atoms with Gasteiger partial charge in [-0.1, -0.05) is 0 Å². The molecule has 117 valence electrons. The van der Waals surface area contributed by atoms with E-state index in [-0.39, 0.29) is 5.54 Å². The van der Waals surface area contributed by atoms with Crippen LogP contribution in [0.4, 0.5) is 5.69 Å². The van der Waals surface area contributed by atoms with Gasteiger partial charge in [0.25, 0.3) is 0 Å². The number of nitrogens with zero attached hydrogens (tertiary/aromatic N) is 1. The van der Waals surface area contributed by atoms with E-state index < -0.39 is 0 Å². The summed E-state index contributed by atoms with van der Waals surface area (Å²) >= 11 is 3.14. The second kappa shape index (κ2) is 5.58. The Morgan fingerprint density at radius 3 is 2.14 bits per heavy atom. The van der Waals surface area contributed by atoms with Crippen molar-refractivity contribution in [2.75, 3.05) is 12.4 Å². The Balaban J connectivity index is 1.49. The standard InChI is InChI=1S/C18H23N2OSe/c1-21-16-4-2-15(3-5-16)19-17(22)20-18-9-12-6-13(10-18)8-14(7-12)11-18/h2-5,12-14H,6-11H2,1H3,(H,19,20). The summed E-state index contributed by atoms with van der Waals surface area (Å²) < 4.78 is 6.14. The first kappa shape index (κ1) is 14.6. The number of benzene rings is 1. The van der Waals surface area contributed by atoms with E-state index in [2.05, 4.69) is 21.3 Å². The van der Waals surface area contributed by atoms with Gasteiger partial charge in [-0.15, -0.1) is 0 Å². The van der Waals surface area contributed by atoms with E-state index >= 15 is 0 Å². The van der Waals surface area contributed by atoms with Crippen LogP contribution in [0.25, 0.3) is 0 Å². The van der Waals surface area contributed by atoms with Crippen molar-refractivity contribution in [2.45, 2.75) is 44.1 Å². The number of rotatable bonds is 3. The fraction of sp³-hybridized carbons (Fsp3) is 0.611. The number of hydrogen-bond donors (Lipinski definition) is 1. The summed E-state index contributed by atoms with van der Waals surface area (Å²) in [6.07, 6.45) is 8.29. The van der Waals surface area contributed by atoms with Gasteiger partial charge in [0, 0.05) is 0 Å². The average Bonchev–Trinajstić information content (AvgIpc) is 2.45. The van der Waals surface area contributed by atoms with Crippen LogP contribution in [0, 0.1) is 17.8 Å². The molecule has 1 radical (unpaired) electrons. The Morgan fingerprint density at radius 1 is 1.09 bits per heavy atom. The van der Waals surface area contributed by atoms with Crippen LogP contribution in [0.1, 0.15) is 38.5 Å². The first-order valence-corrected chi connectivity index (χ1v) is 9.18. The summed E-state index contributed by atoms with van der Waals surface area (Å²) in [7, 11) is 1.69. The molecule has 0 unspecified atom stereocenters. The zero-order chi connectivity index (χ0) is 15.2. The molecule has 5 rings (SSSR count). The van der Waals surface area contributed by atoms with Crippen LogP contribution in [-0.2, 0) is 0 Å². The molecule has 1 aromatic rings. The van der Waals surface area contributed by atoms with Crippen molar-refractivity contribution >= 4 is 26.4 Å². The SMILES string of the molecule is COc1ccc(NC([Se])=NC23CC4CC(CC(C4)C2)C3)cc1. The summed E-state index contributed by atoms with van der Waals surface area (Å²) in [5, 5.41) is 3.41.